The van der Waals surface area contributed by atoms with Gasteiger partial charge in [-0.15, -0.1) is 0 Å². The zero-order valence-electron chi connectivity index (χ0n) is 6.57. The zero-order valence-corrected chi connectivity index (χ0v) is 7.46. The van der Waals surface area contributed by atoms with Crippen LogP contribution >= 0.6 is 10.9 Å². The maximum Gasteiger partial charge on any atom is 0.0331 e. The molecule has 12 heavy (non-hydrogen) atoms. The maximum absolute atomic E-state index is 5.66. The van der Waals surface area contributed by atoms with Crippen molar-refractivity contribution in [1.82, 2.24) is 0 Å². The molecule has 1 radical (unpaired) electrons. The monoisotopic (exact) mass is 176 g/mol. The van der Waals surface area contributed by atoms with Crippen molar-refractivity contribution in [1.29, 1.82) is 0 Å². The Hall–Kier alpha value is -1.15. The highest BCUT2D eigenvalue weighted by Crippen LogP contribution is 2.42. The van der Waals surface area contributed by atoms with Crippen LogP contribution in [0.4, 0.5) is 5.69 Å². The molecule has 0 amide bonds. The molecule has 0 bridgehead atoms. The smallest absolute Gasteiger partial charge is 0.0331 e. The third-order valence-corrected chi connectivity index (χ3v) is 3.54. The molecular formula is C10H10NS. The lowest BCUT2D eigenvalue weighted by atomic mass is 10.3. The summed E-state index contributed by atoms with van der Waals surface area (Å²) < 4.78 is 0. The number of benzene rings is 1. The molecule has 0 aliphatic carbocycles. The van der Waals surface area contributed by atoms with Gasteiger partial charge in [-0.3, -0.25) is 0 Å². The maximum atomic E-state index is 5.66. The lowest BCUT2D eigenvalue weighted by Crippen LogP contribution is -1.84. The quantitative estimate of drug-likeness (QED) is 0.499. The fraction of sp³-hybridized carbons (Fsp3) is 0. The summed E-state index contributed by atoms with van der Waals surface area (Å²) in [5.74, 6) is 0. The van der Waals surface area contributed by atoms with Gasteiger partial charge in [0.25, 0.3) is 0 Å². The van der Waals surface area contributed by atoms with E-state index in [0.717, 1.165) is 5.69 Å². The fourth-order valence-corrected chi connectivity index (χ4v) is 2.67. The van der Waals surface area contributed by atoms with E-state index in [2.05, 4.69) is 29.0 Å². The molecule has 1 aliphatic heterocycles. The lowest BCUT2D eigenvalue weighted by Gasteiger charge is -2.09. The van der Waals surface area contributed by atoms with Gasteiger partial charge in [0.15, 0.2) is 0 Å². The van der Waals surface area contributed by atoms with Crippen molar-refractivity contribution < 1.29 is 0 Å². The normalized spacial score (nSPS) is 17.2. The Kier molecular flexibility index (Phi) is 1.92. The number of rotatable bonds is 1. The highest BCUT2D eigenvalue weighted by Gasteiger charge is 2.01. The molecule has 0 saturated heterocycles. The molecule has 2 N–H and O–H groups in total. The lowest BCUT2D eigenvalue weighted by molar-refractivity contribution is 1.46. The predicted molar refractivity (Wildman–Crippen MR) is 55.2 cm³/mol. The summed E-state index contributed by atoms with van der Waals surface area (Å²) in [5, 5.41) is 4.41. The molecular weight excluding hydrogens is 166 g/mol. The second-order valence-electron chi connectivity index (χ2n) is 2.61. The van der Waals surface area contributed by atoms with E-state index in [1.165, 1.54) is 4.90 Å². The Bertz CT molecular complexity index is 329. The van der Waals surface area contributed by atoms with Crippen LogP contribution in [0.15, 0.2) is 46.1 Å². The van der Waals surface area contributed by atoms with Gasteiger partial charge in [-0.2, -0.15) is 10.9 Å². The number of anilines is 1. The van der Waals surface area contributed by atoms with E-state index in [1.807, 2.05) is 12.1 Å². The summed E-state index contributed by atoms with van der Waals surface area (Å²) in [7, 11) is -0.229. The Balaban J connectivity index is 2.34. The highest BCUT2D eigenvalue weighted by atomic mass is 32.2. The first-order chi connectivity index (χ1) is 5.86. The molecule has 0 atom stereocenters. The molecule has 0 spiro atoms. The van der Waals surface area contributed by atoms with E-state index in [1.54, 1.807) is 6.07 Å². The predicted octanol–water partition coefficient (Wildman–Crippen LogP) is 2.47. The summed E-state index contributed by atoms with van der Waals surface area (Å²) in [6.07, 6.45) is 4.16. The highest BCUT2D eigenvalue weighted by molar-refractivity contribution is 8.22. The molecule has 1 aromatic carbocycles. The second kappa shape index (κ2) is 3.07. The van der Waals surface area contributed by atoms with Crippen LogP contribution < -0.4 is 5.73 Å². The van der Waals surface area contributed by atoms with Crippen LogP contribution in [0.25, 0.3) is 0 Å². The first-order valence-electron chi connectivity index (χ1n) is 3.76. The van der Waals surface area contributed by atoms with Crippen molar-refractivity contribution in [2.45, 2.75) is 4.90 Å². The van der Waals surface area contributed by atoms with E-state index in [9.17, 15) is 0 Å². The fourth-order valence-electron chi connectivity index (χ4n) is 1.13. The van der Waals surface area contributed by atoms with Crippen LogP contribution in [-0.4, -0.2) is 0 Å². The molecule has 1 nitrogen and oxygen atoms in total. The largest absolute Gasteiger partial charge is 0.399 e. The summed E-state index contributed by atoms with van der Waals surface area (Å²) in [5.41, 5.74) is 6.45. The van der Waals surface area contributed by atoms with Crippen molar-refractivity contribution in [3.05, 3.63) is 47.2 Å². The number of allylic oxidation sites excluding steroid dienone is 2. The molecule has 0 aromatic heterocycles. The van der Waals surface area contributed by atoms with Gasteiger partial charge in [-0.25, -0.2) is 0 Å². The van der Waals surface area contributed by atoms with E-state index < -0.39 is 0 Å². The van der Waals surface area contributed by atoms with Gasteiger partial charge in [0.1, 0.15) is 0 Å². The summed E-state index contributed by atoms with van der Waals surface area (Å²) in [6.45, 7) is 0. The van der Waals surface area contributed by atoms with Gasteiger partial charge in [0, 0.05) is 5.69 Å². The van der Waals surface area contributed by atoms with Crippen LogP contribution in [0.5, 0.6) is 0 Å². The van der Waals surface area contributed by atoms with Crippen LogP contribution in [0.2, 0.25) is 0 Å². The van der Waals surface area contributed by atoms with Crippen LogP contribution in [0.1, 0.15) is 0 Å². The van der Waals surface area contributed by atoms with Crippen LogP contribution in [-0.2, 0) is 0 Å². The van der Waals surface area contributed by atoms with Crippen molar-refractivity contribution >= 4 is 16.6 Å². The van der Waals surface area contributed by atoms with E-state index in [4.69, 9.17) is 5.73 Å². The molecule has 2 rings (SSSR count). The summed E-state index contributed by atoms with van der Waals surface area (Å²) >= 11 is 0. The zero-order chi connectivity index (χ0) is 8.39. The van der Waals surface area contributed by atoms with Crippen molar-refractivity contribution in [2.75, 3.05) is 5.73 Å². The molecule has 0 fully saturated rings. The Morgan fingerprint density at radius 2 is 1.92 bits per heavy atom. The minimum Gasteiger partial charge on any atom is -0.399 e. The summed E-state index contributed by atoms with van der Waals surface area (Å²) in [4.78, 5) is 1.27. The molecule has 61 valence electrons. The molecule has 0 unspecified atom stereocenters. The van der Waals surface area contributed by atoms with Gasteiger partial charge in [0.05, 0.1) is 0 Å². The average Bonchev–Trinajstić information content (AvgIpc) is 2.56. The Labute approximate surface area is 74.9 Å². The number of hydrogen-bond acceptors (Lipinski definition) is 1. The molecule has 1 aromatic rings. The summed E-state index contributed by atoms with van der Waals surface area (Å²) in [6, 6.07) is 8.84. The number of hydrogen-bond donors (Lipinski definition) is 2. The van der Waals surface area contributed by atoms with Crippen molar-refractivity contribution in [2.24, 2.45) is 0 Å². The molecule has 1 aliphatic rings. The molecule has 0 saturated carbocycles. The SMILES string of the molecule is Nc1c[c]cc([SH]2C=CC=C2)c1. The third kappa shape index (κ3) is 1.38. The number of thiol groups is 1. The van der Waals surface area contributed by atoms with Gasteiger partial charge in [-0.1, -0.05) is 12.2 Å². The van der Waals surface area contributed by atoms with Crippen molar-refractivity contribution in [3.8, 4) is 0 Å². The minimum atomic E-state index is -0.229. The third-order valence-electron chi connectivity index (χ3n) is 1.70. The van der Waals surface area contributed by atoms with E-state index in [-0.39, 0.29) is 10.9 Å². The molecule has 1 heterocycles. The number of nitrogen functional groups attached to an aromatic ring is 1. The van der Waals surface area contributed by atoms with Crippen LogP contribution in [0, 0.1) is 6.07 Å². The van der Waals surface area contributed by atoms with E-state index >= 15 is 0 Å². The van der Waals surface area contributed by atoms with Gasteiger partial charge in [-0.05, 0) is 40.0 Å². The van der Waals surface area contributed by atoms with Crippen molar-refractivity contribution in [3.63, 3.8) is 0 Å². The standard InChI is InChI=1S/C10H10NS/c11-9-4-3-5-10(8-9)12-6-1-2-7-12/h1-2,4-8,12H,11H2. The second-order valence-corrected chi connectivity index (χ2v) is 4.54. The Morgan fingerprint density at radius 3 is 2.58 bits per heavy atom. The number of nitrogens with two attached hydrogens (primary N) is 1. The van der Waals surface area contributed by atoms with Gasteiger partial charge >= 0.3 is 0 Å². The van der Waals surface area contributed by atoms with Crippen LogP contribution in [0.3, 0.4) is 0 Å². The topological polar surface area (TPSA) is 26.0 Å². The van der Waals surface area contributed by atoms with Gasteiger partial charge < -0.3 is 5.73 Å². The van der Waals surface area contributed by atoms with E-state index in [0.29, 0.717) is 0 Å². The minimum absolute atomic E-state index is 0.229. The first kappa shape index (κ1) is 7.50. The first-order valence-corrected chi connectivity index (χ1v) is 5.24. The average molecular weight is 176 g/mol. The molecule has 2 heteroatoms. The Morgan fingerprint density at radius 1 is 1.17 bits per heavy atom. The van der Waals surface area contributed by atoms with Gasteiger partial charge in [0.2, 0.25) is 0 Å².